The molecule has 2 aromatic rings. The van der Waals surface area contributed by atoms with Crippen molar-refractivity contribution in [3.8, 4) is 0 Å². The molecule has 82 valence electrons. The third kappa shape index (κ3) is 2.17. The second-order valence-electron chi connectivity index (χ2n) is 3.07. The zero-order valence-corrected chi connectivity index (χ0v) is 8.62. The first-order chi connectivity index (χ1) is 7.77. The van der Waals surface area contributed by atoms with Gasteiger partial charge in [0.2, 0.25) is 0 Å². The number of nitrogens with one attached hydrogen (secondary N) is 1. The first-order valence-electron chi connectivity index (χ1n) is 4.61. The summed E-state index contributed by atoms with van der Waals surface area (Å²) in [6.07, 6.45) is 6.32. The molecule has 0 spiro atoms. The molecule has 0 unspecified atom stereocenters. The average Bonchev–Trinajstić information content (AvgIpc) is 2.90. The van der Waals surface area contributed by atoms with Gasteiger partial charge in [-0.05, 0) is 12.1 Å². The lowest BCUT2D eigenvalue weighted by Crippen LogP contribution is -2.17. The molecule has 16 heavy (non-hydrogen) atoms. The topological polar surface area (TPSA) is 72.4 Å². The molecular weight excluding hydrogens is 208 g/mol. The summed E-state index contributed by atoms with van der Waals surface area (Å²) in [6.45, 7) is 0. The van der Waals surface area contributed by atoms with E-state index >= 15 is 0 Å². The third-order valence-electron chi connectivity index (χ3n) is 1.95. The van der Waals surface area contributed by atoms with E-state index in [-0.39, 0.29) is 5.76 Å². The van der Waals surface area contributed by atoms with E-state index < -0.39 is 5.91 Å². The van der Waals surface area contributed by atoms with Gasteiger partial charge < -0.3 is 8.98 Å². The van der Waals surface area contributed by atoms with Crippen molar-refractivity contribution in [3.05, 3.63) is 42.4 Å². The Morgan fingerprint density at radius 2 is 2.56 bits per heavy atom. The molecule has 2 rings (SSSR count). The van der Waals surface area contributed by atoms with Crippen LogP contribution >= 0.6 is 0 Å². The highest BCUT2D eigenvalue weighted by atomic mass is 16.3. The third-order valence-corrected chi connectivity index (χ3v) is 1.95. The molecule has 0 fully saturated rings. The fourth-order valence-electron chi connectivity index (χ4n) is 1.11. The van der Waals surface area contributed by atoms with Crippen LogP contribution in [-0.2, 0) is 7.05 Å². The van der Waals surface area contributed by atoms with Gasteiger partial charge in [0.05, 0.1) is 12.5 Å². The van der Waals surface area contributed by atoms with Gasteiger partial charge in [0.1, 0.15) is 0 Å². The molecule has 0 aliphatic heterocycles. The van der Waals surface area contributed by atoms with Crippen molar-refractivity contribution in [1.82, 2.24) is 15.0 Å². The van der Waals surface area contributed by atoms with Gasteiger partial charge in [0, 0.05) is 19.4 Å². The van der Waals surface area contributed by atoms with Gasteiger partial charge in [-0.15, -0.1) is 0 Å². The van der Waals surface area contributed by atoms with Gasteiger partial charge in [-0.1, -0.05) is 0 Å². The van der Waals surface area contributed by atoms with Crippen LogP contribution in [0.1, 0.15) is 16.4 Å². The summed E-state index contributed by atoms with van der Waals surface area (Å²) in [4.78, 5) is 15.4. The van der Waals surface area contributed by atoms with Gasteiger partial charge in [0.25, 0.3) is 0 Å². The lowest BCUT2D eigenvalue weighted by molar-refractivity contribution is 0.0927. The summed E-state index contributed by atoms with van der Waals surface area (Å²) in [5.41, 5.74) is 2.33. The SMILES string of the molecule is Cn1ccnc1/C=N/NC(=O)c1ccco1. The molecule has 1 N–H and O–H groups in total. The first-order valence-corrected chi connectivity index (χ1v) is 4.61. The summed E-state index contributed by atoms with van der Waals surface area (Å²) in [5, 5.41) is 3.76. The first kappa shape index (κ1) is 10.2. The normalized spacial score (nSPS) is 10.8. The van der Waals surface area contributed by atoms with Gasteiger partial charge in [0.15, 0.2) is 11.6 Å². The second-order valence-corrected chi connectivity index (χ2v) is 3.07. The smallest absolute Gasteiger partial charge is 0.307 e. The molecule has 0 aliphatic carbocycles. The van der Waals surface area contributed by atoms with E-state index in [0.717, 1.165) is 0 Å². The Labute approximate surface area is 91.6 Å². The summed E-state index contributed by atoms with van der Waals surface area (Å²) < 4.78 is 6.68. The molecule has 0 atom stereocenters. The molecule has 0 aromatic carbocycles. The summed E-state index contributed by atoms with van der Waals surface area (Å²) in [7, 11) is 1.84. The zero-order valence-electron chi connectivity index (χ0n) is 8.62. The minimum atomic E-state index is -0.393. The number of hydrazone groups is 1. The molecule has 6 heteroatoms. The van der Waals surface area contributed by atoms with Crippen LogP contribution in [0, 0.1) is 0 Å². The van der Waals surface area contributed by atoms with Crippen LogP contribution in [0.15, 0.2) is 40.3 Å². The van der Waals surface area contributed by atoms with E-state index in [9.17, 15) is 4.79 Å². The molecule has 0 saturated heterocycles. The van der Waals surface area contributed by atoms with Crippen molar-refractivity contribution in [1.29, 1.82) is 0 Å². The Balaban J connectivity index is 1.96. The van der Waals surface area contributed by atoms with Crippen LogP contribution < -0.4 is 5.43 Å². The fourth-order valence-corrected chi connectivity index (χ4v) is 1.11. The number of carbonyl (C=O) groups is 1. The van der Waals surface area contributed by atoms with Crippen LogP contribution in [0.5, 0.6) is 0 Å². The number of aryl methyl sites for hydroxylation is 1. The second kappa shape index (κ2) is 4.43. The van der Waals surface area contributed by atoms with E-state index in [1.807, 2.05) is 7.05 Å². The number of carbonyl (C=O) groups excluding carboxylic acids is 1. The van der Waals surface area contributed by atoms with Gasteiger partial charge in [-0.3, -0.25) is 4.79 Å². The molecule has 2 heterocycles. The Morgan fingerprint density at radius 3 is 3.19 bits per heavy atom. The zero-order chi connectivity index (χ0) is 11.4. The maximum absolute atomic E-state index is 11.4. The maximum Gasteiger partial charge on any atom is 0.307 e. The van der Waals surface area contributed by atoms with Crippen LogP contribution in [0.2, 0.25) is 0 Å². The number of hydrogen-bond acceptors (Lipinski definition) is 4. The lowest BCUT2D eigenvalue weighted by atomic mass is 10.4. The standard InChI is InChI=1S/C10H10N4O2/c1-14-5-4-11-9(14)7-12-13-10(15)8-3-2-6-16-8/h2-7H,1H3,(H,13,15)/b12-7+. The summed E-state index contributed by atoms with van der Waals surface area (Å²) in [5.74, 6) is 0.479. The predicted molar refractivity (Wildman–Crippen MR) is 57.0 cm³/mol. The fraction of sp³-hybridized carbons (Fsp3) is 0.100. The monoisotopic (exact) mass is 218 g/mol. The van der Waals surface area contributed by atoms with E-state index in [1.54, 1.807) is 29.1 Å². The highest BCUT2D eigenvalue weighted by Gasteiger charge is 2.05. The predicted octanol–water partition coefficient (Wildman–Crippen LogP) is 0.777. The Morgan fingerprint density at radius 1 is 1.69 bits per heavy atom. The Bertz CT molecular complexity index is 499. The van der Waals surface area contributed by atoms with Gasteiger partial charge in [-0.2, -0.15) is 5.10 Å². The van der Waals surface area contributed by atoms with Crippen molar-refractivity contribution in [2.24, 2.45) is 12.1 Å². The highest BCUT2D eigenvalue weighted by Crippen LogP contribution is 1.98. The van der Waals surface area contributed by atoms with Gasteiger partial charge in [-0.25, -0.2) is 10.4 Å². The number of aromatic nitrogens is 2. The number of nitrogens with zero attached hydrogens (tertiary/aromatic N) is 3. The number of amides is 1. The van der Waals surface area contributed by atoms with Crippen molar-refractivity contribution in [2.45, 2.75) is 0 Å². The van der Waals surface area contributed by atoms with Crippen LogP contribution in [0.4, 0.5) is 0 Å². The Kier molecular flexibility index (Phi) is 2.81. The Hall–Kier alpha value is -2.37. The van der Waals surface area contributed by atoms with Crippen molar-refractivity contribution in [3.63, 3.8) is 0 Å². The minimum absolute atomic E-state index is 0.219. The number of hydrogen-bond donors (Lipinski definition) is 1. The molecule has 0 aliphatic rings. The van der Waals surface area contributed by atoms with Crippen LogP contribution in [0.25, 0.3) is 0 Å². The van der Waals surface area contributed by atoms with Crippen molar-refractivity contribution >= 4 is 12.1 Å². The molecule has 0 radical (unpaired) electrons. The molecule has 6 nitrogen and oxygen atoms in total. The molecule has 2 aromatic heterocycles. The largest absolute Gasteiger partial charge is 0.459 e. The molecule has 1 amide bonds. The van der Waals surface area contributed by atoms with E-state index in [4.69, 9.17) is 4.42 Å². The van der Waals surface area contributed by atoms with Crippen LogP contribution in [0.3, 0.4) is 0 Å². The molecule has 0 bridgehead atoms. The molecular formula is C10H10N4O2. The van der Waals surface area contributed by atoms with E-state index in [0.29, 0.717) is 5.82 Å². The summed E-state index contributed by atoms with van der Waals surface area (Å²) in [6, 6.07) is 3.20. The lowest BCUT2D eigenvalue weighted by Gasteiger charge is -1.95. The van der Waals surface area contributed by atoms with Crippen molar-refractivity contribution in [2.75, 3.05) is 0 Å². The minimum Gasteiger partial charge on any atom is -0.459 e. The molecule has 0 saturated carbocycles. The quantitative estimate of drug-likeness (QED) is 0.611. The van der Waals surface area contributed by atoms with E-state index in [1.165, 1.54) is 12.5 Å². The van der Waals surface area contributed by atoms with E-state index in [2.05, 4.69) is 15.5 Å². The summed E-state index contributed by atoms with van der Waals surface area (Å²) >= 11 is 0. The average molecular weight is 218 g/mol. The number of rotatable bonds is 3. The maximum atomic E-state index is 11.4. The highest BCUT2D eigenvalue weighted by molar-refractivity contribution is 5.91. The number of imidazole rings is 1. The number of furan rings is 1. The van der Waals surface area contributed by atoms with Crippen molar-refractivity contribution < 1.29 is 9.21 Å². The van der Waals surface area contributed by atoms with Gasteiger partial charge >= 0.3 is 5.91 Å². The van der Waals surface area contributed by atoms with Crippen LogP contribution in [-0.4, -0.2) is 21.7 Å².